The Morgan fingerprint density at radius 3 is 2.38 bits per heavy atom. The van der Waals surface area contributed by atoms with Crippen LogP contribution in [-0.2, 0) is 4.79 Å². The maximum absolute atomic E-state index is 12.0. The summed E-state index contributed by atoms with van der Waals surface area (Å²) in [7, 11) is 0. The molecule has 21 heavy (non-hydrogen) atoms. The van der Waals surface area contributed by atoms with Crippen LogP contribution < -0.4 is 10.7 Å². The summed E-state index contributed by atoms with van der Waals surface area (Å²) in [5.74, 6) is -0.266. The van der Waals surface area contributed by atoms with Crippen molar-refractivity contribution in [2.24, 2.45) is 5.10 Å². The minimum atomic E-state index is -0.221. The molecule has 1 aromatic rings. The lowest BCUT2D eigenvalue weighted by Gasteiger charge is -2.12. The molecule has 0 atom stereocenters. The largest absolute Gasteiger partial charge is 0.326 e. The van der Waals surface area contributed by atoms with Crippen molar-refractivity contribution in [2.45, 2.75) is 45.4 Å². The summed E-state index contributed by atoms with van der Waals surface area (Å²) in [6.45, 7) is 1.79. The van der Waals surface area contributed by atoms with Gasteiger partial charge in [0.2, 0.25) is 5.91 Å². The Labute approximate surface area is 124 Å². The predicted molar refractivity (Wildman–Crippen MR) is 83.3 cm³/mol. The van der Waals surface area contributed by atoms with Crippen LogP contribution in [0.3, 0.4) is 0 Å². The third kappa shape index (κ3) is 4.70. The van der Waals surface area contributed by atoms with Gasteiger partial charge < -0.3 is 5.32 Å². The Balaban J connectivity index is 1.91. The van der Waals surface area contributed by atoms with Gasteiger partial charge in [-0.2, -0.15) is 5.10 Å². The van der Waals surface area contributed by atoms with Crippen LogP contribution in [0, 0.1) is 0 Å². The molecule has 0 bridgehead atoms. The molecule has 5 heteroatoms. The van der Waals surface area contributed by atoms with Crippen LogP contribution in [0.2, 0.25) is 0 Å². The van der Waals surface area contributed by atoms with Crippen molar-refractivity contribution in [3.05, 3.63) is 29.8 Å². The number of anilines is 1. The second-order valence-corrected chi connectivity index (χ2v) is 5.16. The van der Waals surface area contributed by atoms with Crippen molar-refractivity contribution in [3.63, 3.8) is 0 Å². The van der Waals surface area contributed by atoms with Crippen molar-refractivity contribution in [1.82, 2.24) is 5.43 Å². The van der Waals surface area contributed by atoms with Crippen molar-refractivity contribution in [3.8, 4) is 0 Å². The maximum atomic E-state index is 12.0. The van der Waals surface area contributed by atoms with E-state index in [0.29, 0.717) is 17.7 Å². The lowest BCUT2D eigenvalue weighted by atomic mass is 9.99. The van der Waals surface area contributed by atoms with Crippen LogP contribution >= 0.6 is 0 Å². The molecule has 0 radical (unpaired) electrons. The predicted octanol–water partition coefficient (Wildman–Crippen LogP) is 3.09. The quantitative estimate of drug-likeness (QED) is 0.835. The van der Waals surface area contributed by atoms with Crippen molar-refractivity contribution in [2.75, 3.05) is 5.32 Å². The number of hydrogen-bond acceptors (Lipinski definition) is 3. The molecule has 0 saturated heterocycles. The number of amides is 2. The third-order valence-electron chi connectivity index (χ3n) is 3.50. The van der Waals surface area contributed by atoms with E-state index in [9.17, 15) is 9.59 Å². The van der Waals surface area contributed by atoms with Crippen LogP contribution in [0.4, 0.5) is 5.69 Å². The normalized spacial score (nSPS) is 14.4. The van der Waals surface area contributed by atoms with Crippen molar-refractivity contribution >= 4 is 23.2 Å². The fraction of sp³-hybridized carbons (Fsp3) is 0.438. The Morgan fingerprint density at radius 2 is 1.76 bits per heavy atom. The highest BCUT2D eigenvalue weighted by molar-refractivity contribution is 5.96. The molecule has 2 N–H and O–H groups in total. The van der Waals surface area contributed by atoms with Gasteiger partial charge in [-0.25, -0.2) is 5.43 Å². The van der Waals surface area contributed by atoms with Gasteiger partial charge in [0.1, 0.15) is 0 Å². The Bertz CT molecular complexity index is 527. The summed E-state index contributed by atoms with van der Waals surface area (Å²) in [6.07, 6.45) is 5.93. The molecule has 2 rings (SSSR count). The van der Waals surface area contributed by atoms with Gasteiger partial charge in [0.25, 0.3) is 5.91 Å². The van der Waals surface area contributed by atoms with E-state index >= 15 is 0 Å². The molecular formula is C16H21N3O2. The molecule has 1 saturated carbocycles. The maximum Gasteiger partial charge on any atom is 0.271 e. The Hall–Kier alpha value is -2.17. The van der Waals surface area contributed by atoms with Gasteiger partial charge in [0, 0.05) is 23.4 Å². The summed E-state index contributed by atoms with van der Waals surface area (Å²) >= 11 is 0. The average Bonchev–Trinajstić information content (AvgIpc) is 2.54. The number of hydrazone groups is 1. The molecule has 0 unspecified atom stereocenters. The average molecular weight is 287 g/mol. The number of carbonyl (C=O) groups is 2. The number of nitrogens with zero attached hydrogens (tertiary/aromatic N) is 1. The number of nitrogens with one attached hydrogen (secondary N) is 2. The highest BCUT2D eigenvalue weighted by atomic mass is 16.2. The number of hydrogen-bond donors (Lipinski definition) is 2. The van der Waals surface area contributed by atoms with E-state index in [1.165, 1.54) is 6.42 Å². The van der Waals surface area contributed by atoms with E-state index in [4.69, 9.17) is 0 Å². The summed E-state index contributed by atoms with van der Waals surface area (Å²) in [4.78, 5) is 23.2. The first kappa shape index (κ1) is 15.2. The molecule has 0 aromatic heterocycles. The molecule has 0 heterocycles. The molecule has 5 nitrogen and oxygen atoms in total. The molecule has 0 aliphatic heterocycles. The molecule has 1 aliphatic carbocycles. The molecule has 1 aliphatic rings. The fourth-order valence-corrected chi connectivity index (χ4v) is 2.22. The summed E-state index contributed by atoms with van der Waals surface area (Å²) in [5, 5.41) is 6.93. The number of rotatable bonds is 4. The standard InChI is InChI=1S/C16H21N3O2/c1-2-15(20)17-13-10-8-12(9-11-13)16(21)19-18-14-6-4-3-5-7-14/h8-11H,2-7H2,1H3,(H,17,20)(H,19,21). The molecule has 1 fully saturated rings. The van der Waals surface area contributed by atoms with Gasteiger partial charge in [-0.3, -0.25) is 9.59 Å². The monoisotopic (exact) mass is 287 g/mol. The smallest absolute Gasteiger partial charge is 0.271 e. The molecule has 0 spiro atoms. The Kier molecular flexibility index (Phi) is 5.49. The van der Waals surface area contributed by atoms with Crippen molar-refractivity contribution in [1.29, 1.82) is 0 Å². The second-order valence-electron chi connectivity index (χ2n) is 5.16. The SMILES string of the molecule is CCC(=O)Nc1ccc(C(=O)NN=C2CCCCC2)cc1. The first-order valence-corrected chi connectivity index (χ1v) is 7.44. The van der Waals surface area contributed by atoms with Crippen LogP contribution in [-0.4, -0.2) is 17.5 Å². The van der Waals surface area contributed by atoms with E-state index in [0.717, 1.165) is 31.4 Å². The van der Waals surface area contributed by atoms with Gasteiger partial charge in [-0.1, -0.05) is 13.3 Å². The first-order chi connectivity index (χ1) is 10.2. The van der Waals surface area contributed by atoms with Crippen LogP contribution in [0.5, 0.6) is 0 Å². The lowest BCUT2D eigenvalue weighted by Crippen LogP contribution is -2.20. The van der Waals surface area contributed by atoms with Gasteiger partial charge in [-0.05, 0) is 49.9 Å². The molecule has 1 aromatic carbocycles. The zero-order valence-corrected chi connectivity index (χ0v) is 12.3. The second kappa shape index (κ2) is 7.57. The molecule has 2 amide bonds. The van der Waals surface area contributed by atoms with E-state index in [1.54, 1.807) is 31.2 Å². The van der Waals surface area contributed by atoms with Crippen LogP contribution in [0.25, 0.3) is 0 Å². The number of benzene rings is 1. The topological polar surface area (TPSA) is 70.6 Å². The minimum Gasteiger partial charge on any atom is -0.326 e. The first-order valence-electron chi connectivity index (χ1n) is 7.44. The van der Waals surface area contributed by atoms with Gasteiger partial charge in [0.15, 0.2) is 0 Å². The van der Waals surface area contributed by atoms with Crippen molar-refractivity contribution < 1.29 is 9.59 Å². The summed E-state index contributed by atoms with van der Waals surface area (Å²) < 4.78 is 0. The Morgan fingerprint density at radius 1 is 1.10 bits per heavy atom. The van der Waals surface area contributed by atoms with Crippen LogP contribution in [0.15, 0.2) is 29.4 Å². The van der Waals surface area contributed by atoms with Crippen LogP contribution in [0.1, 0.15) is 55.8 Å². The highest BCUT2D eigenvalue weighted by Gasteiger charge is 2.09. The zero-order chi connectivity index (χ0) is 15.1. The van der Waals surface area contributed by atoms with E-state index in [-0.39, 0.29) is 11.8 Å². The summed E-state index contributed by atoms with van der Waals surface area (Å²) in [5.41, 5.74) is 4.90. The lowest BCUT2D eigenvalue weighted by molar-refractivity contribution is -0.115. The van der Waals surface area contributed by atoms with Gasteiger partial charge in [-0.15, -0.1) is 0 Å². The number of carbonyl (C=O) groups excluding carboxylic acids is 2. The van der Waals surface area contributed by atoms with E-state index in [2.05, 4.69) is 15.8 Å². The van der Waals surface area contributed by atoms with Gasteiger partial charge in [0.05, 0.1) is 0 Å². The van der Waals surface area contributed by atoms with E-state index in [1.807, 2.05) is 0 Å². The fourth-order valence-electron chi connectivity index (χ4n) is 2.22. The third-order valence-corrected chi connectivity index (χ3v) is 3.50. The van der Waals surface area contributed by atoms with Gasteiger partial charge >= 0.3 is 0 Å². The molecular weight excluding hydrogens is 266 g/mol. The van der Waals surface area contributed by atoms with E-state index < -0.39 is 0 Å². The minimum absolute atomic E-state index is 0.0455. The summed E-state index contributed by atoms with van der Waals surface area (Å²) in [6, 6.07) is 6.80. The highest BCUT2D eigenvalue weighted by Crippen LogP contribution is 2.14. The molecule has 112 valence electrons. The zero-order valence-electron chi connectivity index (χ0n) is 12.3.